The molecule has 2 saturated heterocycles. The topological polar surface area (TPSA) is 108 Å². The number of amides is 3. The number of carbonyl (C=O) groups excluding carboxylic acids is 3. The molecule has 30 heavy (non-hydrogen) atoms. The largest absolute Gasteiger partial charge is 0.397 e. The van der Waals surface area contributed by atoms with E-state index in [4.69, 9.17) is 5.73 Å². The van der Waals surface area contributed by atoms with Crippen LogP contribution >= 0.6 is 0 Å². The molecule has 0 bridgehead atoms. The van der Waals surface area contributed by atoms with Gasteiger partial charge in [0.15, 0.2) is 0 Å². The normalized spacial score (nSPS) is 18.5. The van der Waals surface area contributed by atoms with E-state index in [1.807, 2.05) is 23.1 Å². The van der Waals surface area contributed by atoms with Crippen molar-refractivity contribution >= 4 is 29.1 Å². The zero-order valence-electron chi connectivity index (χ0n) is 17.8. The monoisotopic (exact) mass is 415 g/mol. The maximum Gasteiger partial charge on any atom is 0.243 e. The molecule has 3 amide bonds. The van der Waals surface area contributed by atoms with Gasteiger partial charge in [0.2, 0.25) is 17.7 Å². The van der Waals surface area contributed by atoms with Crippen LogP contribution in [0.1, 0.15) is 50.5 Å². The number of hydrogen-bond donors (Lipinski definition) is 3. The van der Waals surface area contributed by atoms with Crippen molar-refractivity contribution in [1.82, 2.24) is 15.1 Å². The van der Waals surface area contributed by atoms with Crippen LogP contribution in [0.25, 0.3) is 0 Å². The van der Waals surface area contributed by atoms with Gasteiger partial charge in [-0.2, -0.15) is 0 Å². The summed E-state index contributed by atoms with van der Waals surface area (Å²) in [4.78, 5) is 41.0. The molecule has 4 N–H and O–H groups in total. The maximum absolute atomic E-state index is 12.7. The minimum absolute atomic E-state index is 0.0375. The summed E-state index contributed by atoms with van der Waals surface area (Å²) >= 11 is 0. The minimum atomic E-state index is -0.430. The van der Waals surface area contributed by atoms with Crippen molar-refractivity contribution in [2.24, 2.45) is 0 Å². The fraction of sp³-hybridized carbons (Fsp3) is 0.591. The summed E-state index contributed by atoms with van der Waals surface area (Å²) in [6.07, 6.45) is 4.89. The summed E-state index contributed by atoms with van der Waals surface area (Å²) in [7, 11) is 1.81. The first-order valence-corrected chi connectivity index (χ1v) is 10.9. The molecule has 0 radical (unpaired) electrons. The average molecular weight is 416 g/mol. The lowest BCUT2D eigenvalue weighted by molar-refractivity contribution is -0.138. The van der Waals surface area contributed by atoms with E-state index in [1.54, 1.807) is 11.9 Å². The highest BCUT2D eigenvalue weighted by Crippen LogP contribution is 2.21. The molecule has 0 aliphatic carbocycles. The van der Waals surface area contributed by atoms with Crippen molar-refractivity contribution in [2.45, 2.75) is 57.5 Å². The van der Waals surface area contributed by atoms with Gasteiger partial charge < -0.3 is 26.2 Å². The number of benzene rings is 1. The van der Waals surface area contributed by atoms with Crippen LogP contribution in [0.2, 0.25) is 0 Å². The summed E-state index contributed by atoms with van der Waals surface area (Å²) in [5, 5.41) is 5.94. The number of hydrogen-bond acceptors (Lipinski definition) is 5. The highest BCUT2D eigenvalue weighted by molar-refractivity contribution is 5.88. The van der Waals surface area contributed by atoms with Crippen LogP contribution in [0, 0.1) is 0 Å². The Balaban J connectivity index is 1.45. The standard InChI is InChI=1S/C22H33N5O3/c1-24-18-10-9-16(14-17(18)23)15-25-22(30)19-6-5-13-27(19)21(29)8-4-7-20(28)26-11-2-3-12-26/h9-10,14,19,24H,2-8,11-13,15,23H2,1H3,(H,25,30). The minimum Gasteiger partial charge on any atom is -0.397 e. The van der Waals surface area contributed by atoms with Gasteiger partial charge in [0, 0.05) is 46.1 Å². The average Bonchev–Trinajstić information content (AvgIpc) is 3.44. The Labute approximate surface area is 178 Å². The van der Waals surface area contributed by atoms with Gasteiger partial charge in [0.05, 0.1) is 11.4 Å². The van der Waals surface area contributed by atoms with E-state index >= 15 is 0 Å². The Morgan fingerprint density at radius 1 is 1.07 bits per heavy atom. The van der Waals surface area contributed by atoms with Crippen molar-refractivity contribution in [3.63, 3.8) is 0 Å². The number of nitrogens with one attached hydrogen (secondary N) is 2. The molecule has 0 spiro atoms. The first kappa shape index (κ1) is 21.9. The Morgan fingerprint density at radius 3 is 2.50 bits per heavy atom. The van der Waals surface area contributed by atoms with Crippen molar-refractivity contribution in [2.75, 3.05) is 37.7 Å². The number of likely N-dealkylation sites (tertiary alicyclic amines) is 2. The fourth-order valence-electron chi connectivity index (χ4n) is 4.25. The lowest BCUT2D eigenvalue weighted by Gasteiger charge is -2.24. The second-order valence-electron chi connectivity index (χ2n) is 8.08. The molecule has 2 fully saturated rings. The number of anilines is 2. The Kier molecular flexibility index (Phi) is 7.54. The molecular weight excluding hydrogens is 382 g/mol. The van der Waals surface area contributed by atoms with E-state index in [0.29, 0.717) is 44.5 Å². The first-order valence-electron chi connectivity index (χ1n) is 10.9. The van der Waals surface area contributed by atoms with E-state index < -0.39 is 6.04 Å². The van der Waals surface area contributed by atoms with Crippen LogP contribution in [0.3, 0.4) is 0 Å². The van der Waals surface area contributed by atoms with Crippen LogP contribution < -0.4 is 16.4 Å². The van der Waals surface area contributed by atoms with Crippen molar-refractivity contribution < 1.29 is 14.4 Å². The number of nitrogens with zero attached hydrogens (tertiary/aromatic N) is 2. The number of nitrogens with two attached hydrogens (primary N) is 1. The van der Waals surface area contributed by atoms with Gasteiger partial charge in [-0.25, -0.2) is 0 Å². The Hall–Kier alpha value is -2.77. The molecular formula is C22H33N5O3. The summed E-state index contributed by atoms with van der Waals surface area (Å²) in [5.74, 6) is -0.0330. The van der Waals surface area contributed by atoms with Gasteiger partial charge in [0.25, 0.3) is 0 Å². The highest BCUT2D eigenvalue weighted by atomic mass is 16.2. The molecule has 8 nitrogen and oxygen atoms in total. The van der Waals surface area contributed by atoms with Crippen LogP contribution in [0.5, 0.6) is 0 Å². The lowest BCUT2D eigenvalue weighted by atomic mass is 10.1. The smallest absolute Gasteiger partial charge is 0.243 e. The zero-order chi connectivity index (χ0) is 21.5. The molecule has 2 heterocycles. The van der Waals surface area contributed by atoms with E-state index in [9.17, 15) is 14.4 Å². The summed E-state index contributed by atoms with van der Waals surface area (Å²) in [6.45, 7) is 2.64. The number of nitrogen functional groups attached to an aromatic ring is 1. The van der Waals surface area contributed by atoms with Gasteiger partial charge in [-0.15, -0.1) is 0 Å². The molecule has 2 aliphatic rings. The van der Waals surface area contributed by atoms with Crippen molar-refractivity contribution in [3.05, 3.63) is 23.8 Å². The molecule has 1 atom stereocenters. The highest BCUT2D eigenvalue weighted by Gasteiger charge is 2.33. The van der Waals surface area contributed by atoms with E-state index in [2.05, 4.69) is 10.6 Å². The van der Waals surface area contributed by atoms with Crippen molar-refractivity contribution in [3.8, 4) is 0 Å². The number of rotatable bonds is 8. The SMILES string of the molecule is CNc1ccc(CNC(=O)C2CCCN2C(=O)CCCC(=O)N2CCCC2)cc1N. The number of carbonyl (C=O) groups is 3. The Morgan fingerprint density at radius 2 is 1.80 bits per heavy atom. The fourth-order valence-corrected chi connectivity index (χ4v) is 4.25. The van der Waals surface area contributed by atoms with Crippen LogP contribution in [0.4, 0.5) is 11.4 Å². The second kappa shape index (κ2) is 10.3. The van der Waals surface area contributed by atoms with Gasteiger partial charge >= 0.3 is 0 Å². The van der Waals surface area contributed by atoms with Crippen molar-refractivity contribution in [1.29, 1.82) is 0 Å². The predicted molar refractivity (Wildman–Crippen MR) is 117 cm³/mol. The molecule has 8 heteroatoms. The van der Waals surface area contributed by atoms with E-state index in [0.717, 1.165) is 43.6 Å². The summed E-state index contributed by atoms with van der Waals surface area (Å²) in [6, 6.07) is 5.20. The summed E-state index contributed by atoms with van der Waals surface area (Å²) in [5.41, 5.74) is 8.37. The van der Waals surface area contributed by atoms with Crippen LogP contribution in [-0.2, 0) is 20.9 Å². The van der Waals surface area contributed by atoms with E-state index in [1.165, 1.54) is 0 Å². The second-order valence-corrected chi connectivity index (χ2v) is 8.08. The maximum atomic E-state index is 12.7. The summed E-state index contributed by atoms with van der Waals surface area (Å²) < 4.78 is 0. The molecule has 0 aromatic heterocycles. The Bertz CT molecular complexity index is 776. The molecule has 2 aliphatic heterocycles. The van der Waals surface area contributed by atoms with E-state index in [-0.39, 0.29) is 17.7 Å². The molecule has 164 valence electrons. The predicted octanol–water partition coefficient (Wildman–Crippen LogP) is 1.71. The van der Waals surface area contributed by atoms with Gasteiger partial charge in [0.1, 0.15) is 6.04 Å². The van der Waals surface area contributed by atoms with Crippen LogP contribution in [0.15, 0.2) is 18.2 Å². The quantitative estimate of drug-likeness (QED) is 0.560. The third kappa shape index (κ3) is 5.43. The molecule has 1 aromatic carbocycles. The third-order valence-corrected chi connectivity index (χ3v) is 5.97. The molecule has 1 unspecified atom stereocenters. The molecule has 0 saturated carbocycles. The van der Waals surface area contributed by atoms with Crippen LogP contribution in [-0.4, -0.2) is 60.2 Å². The molecule has 3 rings (SSSR count). The zero-order valence-corrected chi connectivity index (χ0v) is 17.8. The van der Waals surface area contributed by atoms with Gasteiger partial charge in [-0.1, -0.05) is 6.07 Å². The van der Waals surface area contributed by atoms with Gasteiger partial charge in [-0.05, 0) is 49.8 Å². The third-order valence-electron chi connectivity index (χ3n) is 5.97. The first-order chi connectivity index (χ1) is 14.5. The lowest BCUT2D eigenvalue weighted by Crippen LogP contribution is -2.45. The molecule has 1 aromatic rings. The van der Waals surface area contributed by atoms with Gasteiger partial charge in [-0.3, -0.25) is 14.4 Å².